The number of ether oxygens (including phenoxy) is 16. The van der Waals surface area contributed by atoms with Crippen molar-refractivity contribution in [1.29, 1.82) is 0 Å². The topological polar surface area (TPSA) is 199 Å². The Morgan fingerprint density at radius 1 is 0.328 bits per heavy atom. The standard InChI is InChI=1S/C47H93N3O17/c1-2-3-4-5-6-7-8-9-14-52-18-22-56-26-30-60-34-36-63-38-40-65-42-44-67-45-43-66-41-39-64-37-35-61-31-27-57-23-19-53-15-10-11-47-46-50(49-48-47)12-16-54-20-24-58-28-32-62-33-29-59-25-21-55-17-13-51/h46,51H,2-45H2,1H3. The highest BCUT2D eigenvalue weighted by atomic mass is 16.6. The second-order valence-corrected chi connectivity index (χ2v) is 15.1. The molecule has 0 fully saturated rings. The monoisotopic (exact) mass is 972 g/mol. The van der Waals surface area contributed by atoms with E-state index in [1.54, 1.807) is 4.68 Å². The number of aliphatic hydroxyl groups excluding tert-OH is 1. The number of aromatic nitrogens is 3. The predicted octanol–water partition coefficient (Wildman–Crippen LogP) is 3.61. The van der Waals surface area contributed by atoms with Crippen molar-refractivity contribution in [3.63, 3.8) is 0 Å². The molecule has 0 saturated heterocycles. The molecule has 1 N–H and O–H groups in total. The quantitative estimate of drug-likeness (QED) is 0.0929. The van der Waals surface area contributed by atoms with Gasteiger partial charge in [-0.05, 0) is 19.3 Å². The van der Waals surface area contributed by atoms with Crippen LogP contribution in [0.1, 0.15) is 70.4 Å². The molecule has 0 spiro atoms. The number of hydrogen-bond acceptors (Lipinski definition) is 19. The van der Waals surface area contributed by atoms with Gasteiger partial charge in [0.2, 0.25) is 0 Å². The molecule has 0 aromatic carbocycles. The lowest BCUT2D eigenvalue weighted by molar-refractivity contribution is -0.0275. The van der Waals surface area contributed by atoms with E-state index in [-0.39, 0.29) is 6.61 Å². The van der Waals surface area contributed by atoms with Crippen molar-refractivity contribution in [2.24, 2.45) is 0 Å². The van der Waals surface area contributed by atoms with E-state index in [0.29, 0.717) is 211 Å². The minimum atomic E-state index is 0.0208. The van der Waals surface area contributed by atoms with Crippen LogP contribution in [0.25, 0.3) is 0 Å². The Kier molecular flexibility index (Phi) is 54.0. The minimum Gasteiger partial charge on any atom is -0.394 e. The molecule has 0 amide bonds. The number of aliphatic hydroxyl groups is 1. The maximum atomic E-state index is 8.62. The van der Waals surface area contributed by atoms with Crippen molar-refractivity contribution in [1.82, 2.24) is 15.0 Å². The third-order valence-corrected chi connectivity index (χ3v) is 9.36. The van der Waals surface area contributed by atoms with E-state index in [1.165, 1.54) is 44.9 Å². The number of rotatable bonds is 60. The lowest BCUT2D eigenvalue weighted by atomic mass is 10.1. The molecule has 1 aromatic heterocycles. The van der Waals surface area contributed by atoms with Gasteiger partial charge < -0.3 is 80.9 Å². The molecule has 20 heteroatoms. The van der Waals surface area contributed by atoms with Gasteiger partial charge in [0.05, 0.1) is 217 Å². The fraction of sp³-hybridized carbons (Fsp3) is 0.957. The Morgan fingerprint density at radius 2 is 0.597 bits per heavy atom. The van der Waals surface area contributed by atoms with Crippen LogP contribution in [-0.4, -0.2) is 238 Å². The summed E-state index contributed by atoms with van der Waals surface area (Å²) in [5.41, 5.74) is 0.926. The first kappa shape index (κ1) is 63.5. The average molecular weight is 972 g/mol. The van der Waals surface area contributed by atoms with Crippen LogP contribution < -0.4 is 0 Å². The Bertz CT molecular complexity index is 1060. The summed E-state index contributed by atoms with van der Waals surface area (Å²) in [7, 11) is 0. The smallest absolute Gasteiger partial charge is 0.0828 e. The van der Waals surface area contributed by atoms with Gasteiger partial charge in [0, 0.05) is 19.4 Å². The third-order valence-electron chi connectivity index (χ3n) is 9.36. The van der Waals surface area contributed by atoms with Crippen LogP contribution in [0, 0.1) is 0 Å². The van der Waals surface area contributed by atoms with Gasteiger partial charge in [0.25, 0.3) is 0 Å². The normalized spacial score (nSPS) is 11.7. The molecule has 0 unspecified atom stereocenters. The molecule has 0 radical (unpaired) electrons. The molecule has 0 saturated carbocycles. The molecule has 20 nitrogen and oxygen atoms in total. The van der Waals surface area contributed by atoms with Gasteiger partial charge in [-0.1, -0.05) is 57.1 Å². The largest absolute Gasteiger partial charge is 0.394 e. The number of nitrogens with zero attached hydrogens (tertiary/aromatic N) is 3. The predicted molar refractivity (Wildman–Crippen MR) is 251 cm³/mol. The lowest BCUT2D eigenvalue weighted by Gasteiger charge is -2.09. The molecule has 1 aromatic rings. The van der Waals surface area contributed by atoms with Crippen molar-refractivity contribution >= 4 is 0 Å². The summed E-state index contributed by atoms with van der Waals surface area (Å²) in [6.45, 7) is 19.7. The molecule has 0 aliphatic carbocycles. The maximum Gasteiger partial charge on any atom is 0.0828 e. The molecule has 1 heterocycles. The van der Waals surface area contributed by atoms with Crippen LogP contribution in [0.2, 0.25) is 0 Å². The summed E-state index contributed by atoms with van der Waals surface area (Å²) in [6.07, 6.45) is 14.1. The lowest BCUT2D eigenvalue weighted by Crippen LogP contribution is -2.15. The van der Waals surface area contributed by atoms with Crippen LogP contribution in [0.5, 0.6) is 0 Å². The second kappa shape index (κ2) is 57.0. The van der Waals surface area contributed by atoms with E-state index in [4.69, 9.17) is 80.9 Å². The molecule has 67 heavy (non-hydrogen) atoms. The van der Waals surface area contributed by atoms with Gasteiger partial charge in [0.15, 0.2) is 0 Å². The van der Waals surface area contributed by atoms with Crippen molar-refractivity contribution in [3.8, 4) is 0 Å². The fourth-order valence-electron chi connectivity index (χ4n) is 5.76. The highest BCUT2D eigenvalue weighted by Crippen LogP contribution is 2.08. The highest BCUT2D eigenvalue weighted by Gasteiger charge is 2.03. The van der Waals surface area contributed by atoms with Gasteiger partial charge in [0.1, 0.15) is 0 Å². The summed E-state index contributed by atoms with van der Waals surface area (Å²) < 4.78 is 90.0. The summed E-state index contributed by atoms with van der Waals surface area (Å²) in [4.78, 5) is 0. The van der Waals surface area contributed by atoms with Crippen molar-refractivity contribution in [3.05, 3.63) is 11.9 Å². The SMILES string of the molecule is CCCCCCCCCCOCCOCCOCCOCCOCCOCCOCCOCCOCCOCCOCCCc1cn(CCOCCOCCOCCOCCOCCO)nn1. The zero-order chi connectivity index (χ0) is 47.7. The molecule has 0 bridgehead atoms. The molecule has 1 rings (SSSR count). The third kappa shape index (κ3) is 52.1. The van der Waals surface area contributed by atoms with Gasteiger partial charge >= 0.3 is 0 Å². The number of hydrogen-bond donors (Lipinski definition) is 1. The first-order valence-electron chi connectivity index (χ1n) is 25.1. The van der Waals surface area contributed by atoms with Crippen molar-refractivity contribution in [2.45, 2.75) is 77.7 Å². The van der Waals surface area contributed by atoms with Gasteiger partial charge in [-0.15, -0.1) is 5.10 Å². The molecule has 0 atom stereocenters. The van der Waals surface area contributed by atoms with Gasteiger partial charge in [-0.25, -0.2) is 4.68 Å². The van der Waals surface area contributed by atoms with E-state index in [2.05, 4.69) is 17.2 Å². The zero-order valence-electron chi connectivity index (χ0n) is 41.5. The first-order chi connectivity index (χ1) is 33.4. The van der Waals surface area contributed by atoms with Crippen LogP contribution >= 0.6 is 0 Å². The first-order valence-corrected chi connectivity index (χ1v) is 25.1. The summed E-state index contributed by atoms with van der Waals surface area (Å²) in [6, 6.07) is 0. The van der Waals surface area contributed by atoms with Gasteiger partial charge in [-0.3, -0.25) is 0 Å². The highest BCUT2D eigenvalue weighted by molar-refractivity contribution is 4.92. The average Bonchev–Trinajstić information content (AvgIpc) is 3.80. The van der Waals surface area contributed by atoms with Crippen LogP contribution in [0.3, 0.4) is 0 Å². The number of aryl methyl sites for hydroxylation is 1. The Balaban J connectivity index is 1.67. The zero-order valence-corrected chi connectivity index (χ0v) is 41.5. The Labute approximate surface area is 402 Å². The van der Waals surface area contributed by atoms with E-state index >= 15 is 0 Å². The fourth-order valence-corrected chi connectivity index (χ4v) is 5.76. The number of unbranched alkanes of at least 4 members (excludes halogenated alkanes) is 7. The summed E-state index contributed by atoms with van der Waals surface area (Å²) in [5.74, 6) is 0. The van der Waals surface area contributed by atoms with Crippen molar-refractivity contribution < 1.29 is 80.9 Å². The van der Waals surface area contributed by atoms with Crippen LogP contribution in [0.15, 0.2) is 6.20 Å². The summed E-state index contributed by atoms with van der Waals surface area (Å²) >= 11 is 0. The molecular formula is C47H93N3O17. The molecule has 0 aliphatic heterocycles. The molecule has 0 aliphatic rings. The van der Waals surface area contributed by atoms with Crippen LogP contribution in [-0.2, 0) is 88.8 Å². The Morgan fingerprint density at radius 3 is 0.925 bits per heavy atom. The van der Waals surface area contributed by atoms with E-state index in [1.807, 2.05) is 6.20 Å². The summed E-state index contributed by atoms with van der Waals surface area (Å²) in [5, 5.41) is 17.0. The molecular weight excluding hydrogens is 879 g/mol. The van der Waals surface area contributed by atoms with Crippen LogP contribution in [0.4, 0.5) is 0 Å². The van der Waals surface area contributed by atoms with E-state index in [0.717, 1.165) is 31.6 Å². The van der Waals surface area contributed by atoms with E-state index in [9.17, 15) is 0 Å². The Hall–Kier alpha value is -1.54. The van der Waals surface area contributed by atoms with Gasteiger partial charge in [-0.2, -0.15) is 0 Å². The second-order valence-electron chi connectivity index (χ2n) is 15.1. The maximum absolute atomic E-state index is 8.62. The molecule has 398 valence electrons. The van der Waals surface area contributed by atoms with E-state index < -0.39 is 0 Å². The van der Waals surface area contributed by atoms with Crippen molar-refractivity contribution in [2.75, 3.05) is 218 Å². The minimum absolute atomic E-state index is 0.0208.